The number of unbranched alkanes of at least 4 members (excludes halogenated alkanes) is 2. The van der Waals surface area contributed by atoms with Crippen molar-refractivity contribution in [1.82, 2.24) is 9.29 Å². The van der Waals surface area contributed by atoms with E-state index in [4.69, 9.17) is 0 Å². The third-order valence-corrected chi connectivity index (χ3v) is 6.90. The number of fused-ring (bicyclic) bond motifs is 1. The van der Waals surface area contributed by atoms with E-state index >= 15 is 0 Å². The van der Waals surface area contributed by atoms with Gasteiger partial charge in [0.05, 0.1) is 11.4 Å². The van der Waals surface area contributed by atoms with E-state index < -0.39 is 15.9 Å². The molecule has 28 heavy (non-hydrogen) atoms. The lowest BCUT2D eigenvalue weighted by Crippen LogP contribution is -2.38. The van der Waals surface area contributed by atoms with Crippen molar-refractivity contribution >= 4 is 43.2 Å². The third-order valence-electron chi connectivity index (χ3n) is 4.37. The summed E-state index contributed by atoms with van der Waals surface area (Å²) in [6.07, 6.45) is 4.16. The highest BCUT2D eigenvalue weighted by atomic mass is 32.2. The molecule has 8 heteroatoms. The van der Waals surface area contributed by atoms with Crippen LogP contribution in [0.2, 0.25) is 0 Å². The van der Waals surface area contributed by atoms with E-state index in [1.165, 1.54) is 15.6 Å². The zero-order valence-electron chi connectivity index (χ0n) is 15.7. The molecule has 0 radical (unpaired) electrons. The number of aromatic nitrogens is 1. The summed E-state index contributed by atoms with van der Waals surface area (Å²) in [6.45, 7) is 2.12. The van der Waals surface area contributed by atoms with Gasteiger partial charge < -0.3 is 5.32 Å². The largest absolute Gasteiger partial charge is 0.301 e. The van der Waals surface area contributed by atoms with Crippen LogP contribution >= 0.6 is 11.3 Å². The number of nitrogens with zero attached hydrogens (tertiary/aromatic N) is 2. The normalized spacial score (nSPS) is 11.8. The fraction of sp³-hybridized carbons (Fsp3) is 0.300. The summed E-state index contributed by atoms with van der Waals surface area (Å²) in [4.78, 5) is 16.6. The Labute approximate surface area is 169 Å². The van der Waals surface area contributed by atoms with Crippen LogP contribution in [0.5, 0.6) is 0 Å². The van der Waals surface area contributed by atoms with Gasteiger partial charge >= 0.3 is 0 Å². The molecule has 6 nitrogen and oxygen atoms in total. The Balaban J connectivity index is 1.84. The summed E-state index contributed by atoms with van der Waals surface area (Å²) in [5.41, 5.74) is 0. The van der Waals surface area contributed by atoms with Crippen molar-refractivity contribution in [2.45, 2.75) is 31.1 Å². The quantitative estimate of drug-likeness (QED) is 0.531. The molecule has 1 aromatic heterocycles. The molecule has 0 atom stereocenters. The average Bonchev–Trinajstić information content (AvgIpc) is 3.19. The molecule has 1 N–H and O–H groups in total. The predicted octanol–water partition coefficient (Wildman–Crippen LogP) is 4.12. The third kappa shape index (κ3) is 4.95. The molecular weight excluding hydrogens is 394 g/mol. The lowest BCUT2D eigenvalue weighted by atomic mass is 10.1. The van der Waals surface area contributed by atoms with E-state index in [2.05, 4.69) is 17.2 Å². The standard InChI is InChI=1S/C20H23N3O3S2/c1-2-3-6-12-23(15-19(24)22-20-21-11-13-27-20)28(25,26)18-10-9-16-7-4-5-8-17(16)14-18/h4-5,7-11,13-14H,2-3,6,12,15H2,1H3,(H,21,22,24). The van der Waals surface area contributed by atoms with E-state index in [9.17, 15) is 13.2 Å². The number of hydrogen-bond acceptors (Lipinski definition) is 5. The van der Waals surface area contributed by atoms with Crippen molar-refractivity contribution in [3.05, 3.63) is 54.0 Å². The molecule has 0 saturated carbocycles. The Morgan fingerprint density at radius 3 is 2.64 bits per heavy atom. The fourth-order valence-corrected chi connectivity index (χ4v) is 4.92. The first-order chi connectivity index (χ1) is 13.5. The van der Waals surface area contributed by atoms with E-state index in [1.807, 2.05) is 24.3 Å². The summed E-state index contributed by atoms with van der Waals surface area (Å²) in [6, 6.07) is 12.7. The summed E-state index contributed by atoms with van der Waals surface area (Å²) in [7, 11) is -3.79. The molecule has 0 bridgehead atoms. The van der Waals surface area contributed by atoms with Crippen LogP contribution in [-0.4, -0.2) is 36.7 Å². The zero-order chi connectivity index (χ0) is 20.0. The van der Waals surface area contributed by atoms with Crippen molar-refractivity contribution < 1.29 is 13.2 Å². The SMILES string of the molecule is CCCCCN(CC(=O)Nc1nccs1)S(=O)(=O)c1ccc2ccccc2c1. The number of thiazole rings is 1. The Morgan fingerprint density at radius 1 is 1.14 bits per heavy atom. The molecule has 1 amide bonds. The summed E-state index contributed by atoms with van der Waals surface area (Å²) >= 11 is 1.29. The highest BCUT2D eigenvalue weighted by Crippen LogP contribution is 2.22. The molecule has 0 spiro atoms. The van der Waals surface area contributed by atoms with Crippen LogP contribution in [0, 0.1) is 0 Å². The van der Waals surface area contributed by atoms with Crippen molar-refractivity contribution in [2.24, 2.45) is 0 Å². The molecule has 3 rings (SSSR count). The Kier molecular flexibility index (Phi) is 6.77. The first-order valence-corrected chi connectivity index (χ1v) is 11.5. The van der Waals surface area contributed by atoms with Gasteiger partial charge in [0.1, 0.15) is 0 Å². The van der Waals surface area contributed by atoms with Gasteiger partial charge in [-0.1, -0.05) is 50.1 Å². The number of sulfonamides is 1. The van der Waals surface area contributed by atoms with Crippen LogP contribution in [0.15, 0.2) is 58.9 Å². The Bertz CT molecular complexity index is 1030. The molecule has 0 aliphatic carbocycles. The number of carbonyl (C=O) groups is 1. The fourth-order valence-electron chi connectivity index (χ4n) is 2.90. The minimum Gasteiger partial charge on any atom is -0.301 e. The number of amides is 1. The second-order valence-corrected chi connectivity index (χ2v) is 9.27. The van der Waals surface area contributed by atoms with Gasteiger partial charge in [0.15, 0.2) is 5.13 Å². The van der Waals surface area contributed by atoms with Crippen molar-refractivity contribution in [3.63, 3.8) is 0 Å². The van der Waals surface area contributed by atoms with Gasteiger partial charge in [0.25, 0.3) is 0 Å². The Hall–Kier alpha value is -2.29. The Morgan fingerprint density at radius 2 is 1.93 bits per heavy atom. The van der Waals surface area contributed by atoms with Gasteiger partial charge in [-0.2, -0.15) is 4.31 Å². The molecule has 1 heterocycles. The van der Waals surface area contributed by atoms with Crippen LogP contribution in [0.4, 0.5) is 5.13 Å². The van der Waals surface area contributed by atoms with Gasteiger partial charge in [-0.3, -0.25) is 4.79 Å². The lowest BCUT2D eigenvalue weighted by molar-refractivity contribution is -0.116. The smallest absolute Gasteiger partial charge is 0.243 e. The van der Waals surface area contributed by atoms with Gasteiger partial charge in [-0.05, 0) is 29.3 Å². The number of nitrogens with one attached hydrogen (secondary N) is 1. The van der Waals surface area contributed by atoms with E-state index in [0.29, 0.717) is 18.1 Å². The molecule has 0 unspecified atom stereocenters. The maximum Gasteiger partial charge on any atom is 0.243 e. The summed E-state index contributed by atoms with van der Waals surface area (Å²) in [5.74, 6) is -0.393. The molecule has 0 aliphatic rings. The minimum absolute atomic E-state index is 0.199. The van der Waals surface area contributed by atoms with Crippen LogP contribution in [0.3, 0.4) is 0 Å². The van der Waals surface area contributed by atoms with Gasteiger partial charge in [0.2, 0.25) is 15.9 Å². The number of rotatable bonds is 9. The topological polar surface area (TPSA) is 79.4 Å². The number of benzene rings is 2. The van der Waals surface area contributed by atoms with E-state index in [0.717, 1.165) is 23.6 Å². The average molecular weight is 418 g/mol. The monoisotopic (exact) mass is 417 g/mol. The molecule has 0 saturated heterocycles. The maximum atomic E-state index is 13.2. The van der Waals surface area contributed by atoms with Crippen LogP contribution < -0.4 is 5.32 Å². The first-order valence-electron chi connectivity index (χ1n) is 9.19. The second-order valence-electron chi connectivity index (χ2n) is 6.44. The molecule has 148 valence electrons. The molecule has 0 fully saturated rings. The highest BCUT2D eigenvalue weighted by molar-refractivity contribution is 7.89. The van der Waals surface area contributed by atoms with Crippen LogP contribution in [-0.2, 0) is 14.8 Å². The maximum absolute atomic E-state index is 13.2. The first kappa shape index (κ1) is 20.4. The molecular formula is C20H23N3O3S2. The molecule has 0 aliphatic heterocycles. The van der Waals surface area contributed by atoms with Crippen molar-refractivity contribution in [3.8, 4) is 0 Å². The van der Waals surface area contributed by atoms with Gasteiger partial charge in [0, 0.05) is 18.1 Å². The van der Waals surface area contributed by atoms with E-state index in [-0.39, 0.29) is 11.4 Å². The number of anilines is 1. The van der Waals surface area contributed by atoms with Crippen LogP contribution in [0.25, 0.3) is 10.8 Å². The van der Waals surface area contributed by atoms with Gasteiger partial charge in [-0.15, -0.1) is 11.3 Å². The van der Waals surface area contributed by atoms with E-state index in [1.54, 1.807) is 29.8 Å². The minimum atomic E-state index is -3.79. The summed E-state index contributed by atoms with van der Waals surface area (Å²) < 4.78 is 27.7. The second kappa shape index (κ2) is 9.27. The number of carbonyl (C=O) groups excluding carboxylic acids is 1. The predicted molar refractivity (Wildman–Crippen MR) is 113 cm³/mol. The highest BCUT2D eigenvalue weighted by Gasteiger charge is 2.26. The zero-order valence-corrected chi connectivity index (χ0v) is 17.3. The van der Waals surface area contributed by atoms with Crippen molar-refractivity contribution in [2.75, 3.05) is 18.4 Å². The molecule has 2 aromatic carbocycles. The van der Waals surface area contributed by atoms with Crippen molar-refractivity contribution in [1.29, 1.82) is 0 Å². The number of hydrogen-bond donors (Lipinski definition) is 1. The molecule has 3 aromatic rings. The summed E-state index contributed by atoms with van der Waals surface area (Å²) in [5, 5.41) is 6.69. The van der Waals surface area contributed by atoms with Crippen LogP contribution in [0.1, 0.15) is 26.2 Å². The lowest BCUT2D eigenvalue weighted by Gasteiger charge is -2.21. The van der Waals surface area contributed by atoms with Gasteiger partial charge in [-0.25, -0.2) is 13.4 Å².